The summed E-state index contributed by atoms with van der Waals surface area (Å²) in [5.74, 6) is 0. The summed E-state index contributed by atoms with van der Waals surface area (Å²) in [7, 11) is 2.18. The van der Waals surface area contributed by atoms with Crippen LogP contribution >= 0.6 is 27.3 Å². The van der Waals surface area contributed by atoms with Gasteiger partial charge in [0.1, 0.15) is 0 Å². The molecule has 0 fully saturated rings. The van der Waals surface area contributed by atoms with Gasteiger partial charge in [0.15, 0.2) is 0 Å². The van der Waals surface area contributed by atoms with Crippen LogP contribution in [0.1, 0.15) is 44.6 Å². The standard InChI is InChI=1S/C14H25BrN2S/c1-3-4-5-6-7-13(9-16)17(2)10-12-8-14(15)18-11-12/h8,11,13H,3-7,9-10,16H2,1-2H3. The molecule has 0 spiro atoms. The Kier molecular flexibility index (Phi) is 8.15. The number of hydrogen-bond donors (Lipinski definition) is 1. The molecule has 1 aromatic rings. The number of halogens is 1. The molecule has 0 saturated heterocycles. The van der Waals surface area contributed by atoms with Crippen LogP contribution in [0.15, 0.2) is 15.2 Å². The molecule has 0 aliphatic heterocycles. The van der Waals surface area contributed by atoms with Gasteiger partial charge in [-0.25, -0.2) is 0 Å². The number of rotatable bonds is 9. The van der Waals surface area contributed by atoms with Crippen LogP contribution in [0.5, 0.6) is 0 Å². The van der Waals surface area contributed by atoms with Crippen molar-refractivity contribution in [3.8, 4) is 0 Å². The monoisotopic (exact) mass is 332 g/mol. The second-order valence-corrected chi connectivity index (χ2v) is 7.20. The Hall–Kier alpha value is 0.100. The van der Waals surface area contributed by atoms with E-state index in [-0.39, 0.29) is 0 Å². The van der Waals surface area contributed by atoms with Crippen LogP contribution in [0.2, 0.25) is 0 Å². The van der Waals surface area contributed by atoms with Crippen molar-refractivity contribution in [3.05, 3.63) is 20.8 Å². The number of hydrogen-bond acceptors (Lipinski definition) is 3. The molecule has 0 amide bonds. The highest BCUT2D eigenvalue weighted by Gasteiger charge is 2.13. The lowest BCUT2D eigenvalue weighted by molar-refractivity contribution is 0.223. The van der Waals surface area contributed by atoms with Crippen molar-refractivity contribution in [1.82, 2.24) is 4.90 Å². The zero-order valence-corrected chi connectivity index (χ0v) is 13.9. The Morgan fingerprint density at radius 2 is 2.17 bits per heavy atom. The number of nitrogens with two attached hydrogens (primary N) is 1. The van der Waals surface area contributed by atoms with Crippen molar-refractivity contribution in [2.45, 2.75) is 51.6 Å². The first-order valence-electron chi connectivity index (χ1n) is 6.80. The highest BCUT2D eigenvalue weighted by Crippen LogP contribution is 2.22. The molecule has 1 rings (SSSR count). The van der Waals surface area contributed by atoms with Crippen LogP contribution in [0, 0.1) is 0 Å². The van der Waals surface area contributed by atoms with Crippen LogP contribution in [0.25, 0.3) is 0 Å². The van der Waals surface area contributed by atoms with Crippen molar-refractivity contribution in [3.63, 3.8) is 0 Å². The molecule has 0 saturated carbocycles. The van der Waals surface area contributed by atoms with Gasteiger partial charge in [-0.2, -0.15) is 0 Å². The van der Waals surface area contributed by atoms with E-state index < -0.39 is 0 Å². The quantitative estimate of drug-likeness (QED) is 0.685. The van der Waals surface area contributed by atoms with Crippen LogP contribution in [-0.2, 0) is 6.54 Å². The average molecular weight is 333 g/mol. The van der Waals surface area contributed by atoms with Gasteiger partial charge in [-0.05, 0) is 46.4 Å². The molecule has 1 heterocycles. The third kappa shape index (κ3) is 5.83. The highest BCUT2D eigenvalue weighted by atomic mass is 79.9. The van der Waals surface area contributed by atoms with Crippen molar-refractivity contribution in [1.29, 1.82) is 0 Å². The van der Waals surface area contributed by atoms with Crippen molar-refractivity contribution in [2.24, 2.45) is 5.73 Å². The van der Waals surface area contributed by atoms with Crippen molar-refractivity contribution < 1.29 is 0 Å². The van der Waals surface area contributed by atoms with E-state index in [2.05, 4.69) is 46.2 Å². The van der Waals surface area contributed by atoms with Gasteiger partial charge in [-0.3, -0.25) is 4.90 Å². The summed E-state index contributed by atoms with van der Waals surface area (Å²) in [6.45, 7) is 4.01. The minimum absolute atomic E-state index is 0.514. The second kappa shape index (κ2) is 9.08. The molecule has 0 aliphatic rings. The number of nitrogens with zero attached hydrogens (tertiary/aromatic N) is 1. The summed E-state index contributed by atoms with van der Waals surface area (Å²) in [5, 5.41) is 2.21. The average Bonchev–Trinajstić information content (AvgIpc) is 2.75. The van der Waals surface area contributed by atoms with Gasteiger partial charge in [0.25, 0.3) is 0 Å². The number of likely N-dealkylation sites (N-methyl/N-ethyl adjacent to an activating group) is 1. The fourth-order valence-electron chi connectivity index (χ4n) is 2.17. The SMILES string of the molecule is CCCCCCC(CN)N(C)Cc1csc(Br)c1. The molecular formula is C14H25BrN2S. The maximum absolute atomic E-state index is 5.90. The fraction of sp³-hybridized carbons (Fsp3) is 0.714. The van der Waals surface area contributed by atoms with Gasteiger partial charge in [-0.1, -0.05) is 32.6 Å². The number of thiophene rings is 1. The lowest BCUT2D eigenvalue weighted by atomic mass is 10.1. The molecule has 104 valence electrons. The van der Waals surface area contributed by atoms with Crippen LogP contribution in [-0.4, -0.2) is 24.5 Å². The van der Waals surface area contributed by atoms with Crippen molar-refractivity contribution >= 4 is 27.3 Å². The third-order valence-corrected chi connectivity index (χ3v) is 4.89. The molecule has 2 N–H and O–H groups in total. The Morgan fingerprint density at radius 1 is 1.39 bits per heavy atom. The molecule has 0 bridgehead atoms. The van der Waals surface area contributed by atoms with Gasteiger partial charge < -0.3 is 5.73 Å². The van der Waals surface area contributed by atoms with E-state index in [1.165, 1.54) is 41.5 Å². The molecule has 1 unspecified atom stereocenters. The van der Waals surface area contributed by atoms with Gasteiger partial charge in [0.05, 0.1) is 3.79 Å². The molecule has 0 aliphatic carbocycles. The Balaban J connectivity index is 2.34. The van der Waals surface area contributed by atoms with Crippen LogP contribution in [0.4, 0.5) is 0 Å². The summed E-state index contributed by atoms with van der Waals surface area (Å²) >= 11 is 5.26. The topological polar surface area (TPSA) is 29.3 Å². The number of unbranched alkanes of at least 4 members (excludes halogenated alkanes) is 3. The van der Waals surface area contributed by atoms with E-state index >= 15 is 0 Å². The van der Waals surface area contributed by atoms with Gasteiger partial charge in [-0.15, -0.1) is 11.3 Å². The molecule has 1 atom stereocenters. The smallest absolute Gasteiger partial charge is 0.0701 e. The van der Waals surface area contributed by atoms with Gasteiger partial charge >= 0.3 is 0 Å². The Labute approximate surface area is 124 Å². The first kappa shape index (κ1) is 16.2. The molecule has 0 aromatic carbocycles. The van der Waals surface area contributed by atoms with Crippen molar-refractivity contribution in [2.75, 3.05) is 13.6 Å². The predicted molar refractivity (Wildman–Crippen MR) is 85.1 cm³/mol. The lowest BCUT2D eigenvalue weighted by Gasteiger charge is -2.26. The summed E-state index contributed by atoms with van der Waals surface area (Å²) in [6, 6.07) is 2.71. The van der Waals surface area contributed by atoms with Gasteiger partial charge in [0, 0.05) is 19.1 Å². The molecule has 18 heavy (non-hydrogen) atoms. The molecule has 2 nitrogen and oxygen atoms in total. The van der Waals surface area contributed by atoms with Gasteiger partial charge in [0.2, 0.25) is 0 Å². The van der Waals surface area contributed by atoms with E-state index in [4.69, 9.17) is 5.73 Å². The second-order valence-electron chi connectivity index (χ2n) is 4.91. The molecule has 0 radical (unpaired) electrons. The summed E-state index contributed by atoms with van der Waals surface area (Å²) in [5.41, 5.74) is 7.28. The molecular weight excluding hydrogens is 308 g/mol. The lowest BCUT2D eigenvalue weighted by Crippen LogP contribution is -2.37. The zero-order chi connectivity index (χ0) is 13.4. The largest absolute Gasteiger partial charge is 0.329 e. The zero-order valence-electron chi connectivity index (χ0n) is 11.5. The normalized spacial score (nSPS) is 13.2. The van der Waals surface area contributed by atoms with Crippen LogP contribution in [0.3, 0.4) is 0 Å². The summed E-state index contributed by atoms with van der Waals surface area (Å²) < 4.78 is 1.21. The summed E-state index contributed by atoms with van der Waals surface area (Å²) in [6.07, 6.45) is 6.50. The van der Waals surface area contributed by atoms with Crippen LogP contribution < -0.4 is 5.73 Å². The molecule has 4 heteroatoms. The van der Waals surface area contributed by atoms with E-state index in [0.717, 1.165) is 13.1 Å². The maximum Gasteiger partial charge on any atom is 0.0701 e. The maximum atomic E-state index is 5.90. The Morgan fingerprint density at radius 3 is 2.72 bits per heavy atom. The van der Waals surface area contributed by atoms with E-state index in [1.807, 2.05) is 0 Å². The van der Waals surface area contributed by atoms with E-state index in [9.17, 15) is 0 Å². The van der Waals surface area contributed by atoms with E-state index in [0.29, 0.717) is 6.04 Å². The minimum atomic E-state index is 0.514. The highest BCUT2D eigenvalue weighted by molar-refractivity contribution is 9.11. The molecule has 1 aromatic heterocycles. The summed E-state index contributed by atoms with van der Waals surface area (Å²) in [4.78, 5) is 2.39. The van der Waals surface area contributed by atoms with E-state index in [1.54, 1.807) is 11.3 Å². The first-order chi connectivity index (χ1) is 8.67. The Bertz CT molecular complexity index is 327. The predicted octanol–water partition coefficient (Wildman–Crippen LogP) is 4.24. The fourth-order valence-corrected chi connectivity index (χ4v) is 3.37. The minimum Gasteiger partial charge on any atom is -0.329 e. The third-order valence-electron chi connectivity index (χ3n) is 3.34. The first-order valence-corrected chi connectivity index (χ1v) is 8.47.